The van der Waals surface area contributed by atoms with E-state index in [2.05, 4.69) is 32.3 Å². The molecule has 3 nitrogen and oxygen atoms in total. The maximum atomic E-state index is 5.91. The van der Waals surface area contributed by atoms with Crippen molar-refractivity contribution in [3.8, 4) is 0 Å². The minimum atomic E-state index is 0.00155. The number of aromatic nitrogens is 2. The van der Waals surface area contributed by atoms with Crippen LogP contribution in [0.3, 0.4) is 0 Å². The first kappa shape index (κ1) is 12.6. The van der Waals surface area contributed by atoms with Crippen LogP contribution in [0.15, 0.2) is 0 Å². The average Bonchev–Trinajstić information content (AvgIpc) is 2.69. The van der Waals surface area contributed by atoms with Gasteiger partial charge in [-0.05, 0) is 19.3 Å². The van der Waals surface area contributed by atoms with Crippen LogP contribution in [0, 0.1) is 0 Å². The first-order valence-electron chi connectivity index (χ1n) is 6.77. The maximum absolute atomic E-state index is 5.91. The summed E-state index contributed by atoms with van der Waals surface area (Å²) in [4.78, 5) is 4.92. The number of rotatable bonds is 3. The topological polar surface area (TPSA) is 43.8 Å². The molecule has 1 aromatic rings. The molecule has 0 aromatic carbocycles. The molecule has 0 amide bonds. The Morgan fingerprint density at radius 3 is 2.65 bits per heavy atom. The summed E-state index contributed by atoms with van der Waals surface area (Å²) in [6.07, 6.45) is 3.74. The molecule has 3 heteroatoms. The summed E-state index contributed by atoms with van der Waals surface area (Å²) in [5, 5.41) is 0. The second-order valence-corrected chi connectivity index (χ2v) is 6.12. The number of hydrogen-bond acceptors (Lipinski definition) is 2. The molecule has 0 atom stereocenters. The highest BCUT2D eigenvalue weighted by molar-refractivity contribution is 5.27. The molecule has 0 aliphatic carbocycles. The highest BCUT2D eigenvalue weighted by Crippen LogP contribution is 2.31. The fourth-order valence-corrected chi connectivity index (χ4v) is 2.65. The SMILES string of the molecule is CC(C)c1nc(C(C)(C)CN)c2n1CCCC2. The van der Waals surface area contributed by atoms with Crippen molar-refractivity contribution in [1.29, 1.82) is 0 Å². The van der Waals surface area contributed by atoms with E-state index >= 15 is 0 Å². The lowest BCUT2D eigenvalue weighted by atomic mass is 9.86. The molecule has 0 spiro atoms. The normalized spacial score (nSPS) is 16.4. The Morgan fingerprint density at radius 1 is 1.35 bits per heavy atom. The van der Waals surface area contributed by atoms with Gasteiger partial charge in [0, 0.05) is 30.1 Å². The van der Waals surface area contributed by atoms with Crippen LogP contribution < -0.4 is 5.73 Å². The van der Waals surface area contributed by atoms with Crippen LogP contribution >= 0.6 is 0 Å². The third-order valence-corrected chi connectivity index (χ3v) is 3.82. The number of imidazole rings is 1. The molecule has 0 bridgehead atoms. The standard InChI is InChI=1S/C14H25N3/c1-10(2)13-16-12(14(3,4)9-15)11-7-5-6-8-17(11)13/h10H,5-9,15H2,1-4H3. The molecule has 1 aliphatic rings. The molecular weight excluding hydrogens is 210 g/mol. The van der Waals surface area contributed by atoms with Crippen molar-refractivity contribution in [2.75, 3.05) is 6.54 Å². The Bertz CT molecular complexity index is 402. The summed E-state index contributed by atoms with van der Waals surface area (Å²) >= 11 is 0. The largest absolute Gasteiger partial charge is 0.332 e. The van der Waals surface area contributed by atoms with Gasteiger partial charge in [-0.25, -0.2) is 4.98 Å². The fraction of sp³-hybridized carbons (Fsp3) is 0.786. The molecule has 1 aliphatic heterocycles. The van der Waals surface area contributed by atoms with Crippen LogP contribution in [0.5, 0.6) is 0 Å². The molecule has 0 radical (unpaired) electrons. The number of fused-ring (bicyclic) bond motifs is 1. The summed E-state index contributed by atoms with van der Waals surface area (Å²) in [7, 11) is 0. The van der Waals surface area contributed by atoms with Gasteiger partial charge in [-0.2, -0.15) is 0 Å². The van der Waals surface area contributed by atoms with E-state index in [9.17, 15) is 0 Å². The first-order chi connectivity index (χ1) is 7.97. The van der Waals surface area contributed by atoms with Crippen molar-refractivity contribution >= 4 is 0 Å². The van der Waals surface area contributed by atoms with Gasteiger partial charge in [-0.1, -0.05) is 27.7 Å². The van der Waals surface area contributed by atoms with Gasteiger partial charge in [-0.15, -0.1) is 0 Å². The molecule has 0 saturated carbocycles. The zero-order valence-corrected chi connectivity index (χ0v) is 11.6. The fourth-order valence-electron chi connectivity index (χ4n) is 2.65. The number of hydrogen-bond donors (Lipinski definition) is 1. The van der Waals surface area contributed by atoms with Crippen LogP contribution in [0.1, 0.15) is 63.7 Å². The quantitative estimate of drug-likeness (QED) is 0.875. The van der Waals surface area contributed by atoms with Crippen molar-refractivity contribution in [2.45, 2.75) is 64.8 Å². The lowest BCUT2D eigenvalue weighted by Crippen LogP contribution is -2.30. The summed E-state index contributed by atoms with van der Waals surface area (Å²) in [5.74, 6) is 1.74. The Labute approximate surface area is 104 Å². The molecule has 1 aromatic heterocycles. The van der Waals surface area contributed by atoms with E-state index in [1.165, 1.54) is 36.5 Å². The van der Waals surface area contributed by atoms with Gasteiger partial charge in [-0.3, -0.25) is 0 Å². The minimum absolute atomic E-state index is 0.00155. The Kier molecular flexibility index (Phi) is 3.30. The van der Waals surface area contributed by atoms with Crippen LogP contribution in [0.2, 0.25) is 0 Å². The summed E-state index contributed by atoms with van der Waals surface area (Å²) < 4.78 is 2.45. The predicted molar refractivity (Wildman–Crippen MR) is 71.3 cm³/mol. The number of nitrogens with zero attached hydrogens (tertiary/aromatic N) is 2. The molecule has 0 saturated heterocycles. The first-order valence-corrected chi connectivity index (χ1v) is 6.77. The van der Waals surface area contributed by atoms with Crippen molar-refractivity contribution in [3.05, 3.63) is 17.2 Å². The Balaban J connectivity index is 2.53. The molecule has 0 unspecified atom stereocenters. The lowest BCUT2D eigenvalue weighted by Gasteiger charge is -2.24. The minimum Gasteiger partial charge on any atom is -0.332 e. The summed E-state index contributed by atoms with van der Waals surface area (Å²) in [6.45, 7) is 10.7. The lowest BCUT2D eigenvalue weighted by molar-refractivity contribution is 0.483. The van der Waals surface area contributed by atoms with Gasteiger partial charge in [0.1, 0.15) is 5.82 Å². The monoisotopic (exact) mass is 235 g/mol. The molecule has 0 fully saturated rings. The van der Waals surface area contributed by atoms with E-state index in [0.717, 1.165) is 6.54 Å². The average molecular weight is 235 g/mol. The van der Waals surface area contributed by atoms with E-state index in [0.29, 0.717) is 12.5 Å². The van der Waals surface area contributed by atoms with Gasteiger partial charge in [0.05, 0.1) is 5.69 Å². The summed E-state index contributed by atoms with van der Waals surface area (Å²) in [5.41, 5.74) is 8.59. The van der Waals surface area contributed by atoms with Crippen LogP contribution in [-0.2, 0) is 18.4 Å². The highest BCUT2D eigenvalue weighted by atomic mass is 15.1. The van der Waals surface area contributed by atoms with Crippen molar-refractivity contribution in [2.24, 2.45) is 5.73 Å². The van der Waals surface area contributed by atoms with E-state index in [1.54, 1.807) is 0 Å². The van der Waals surface area contributed by atoms with E-state index in [4.69, 9.17) is 10.7 Å². The molecule has 2 heterocycles. The van der Waals surface area contributed by atoms with E-state index in [-0.39, 0.29) is 5.41 Å². The van der Waals surface area contributed by atoms with Crippen molar-refractivity contribution in [1.82, 2.24) is 9.55 Å². The smallest absolute Gasteiger partial charge is 0.111 e. The maximum Gasteiger partial charge on any atom is 0.111 e. The second kappa shape index (κ2) is 4.45. The zero-order valence-electron chi connectivity index (χ0n) is 11.6. The predicted octanol–water partition coefficient (Wildman–Crippen LogP) is 2.58. The van der Waals surface area contributed by atoms with Gasteiger partial charge in [0.25, 0.3) is 0 Å². The van der Waals surface area contributed by atoms with Gasteiger partial charge >= 0.3 is 0 Å². The van der Waals surface area contributed by atoms with Crippen LogP contribution in [-0.4, -0.2) is 16.1 Å². The second-order valence-electron chi connectivity index (χ2n) is 6.12. The molecule has 17 heavy (non-hydrogen) atoms. The van der Waals surface area contributed by atoms with Crippen molar-refractivity contribution in [3.63, 3.8) is 0 Å². The molecule has 2 N–H and O–H groups in total. The Hall–Kier alpha value is -0.830. The third-order valence-electron chi connectivity index (χ3n) is 3.82. The van der Waals surface area contributed by atoms with Crippen LogP contribution in [0.4, 0.5) is 0 Å². The Morgan fingerprint density at radius 2 is 2.06 bits per heavy atom. The third kappa shape index (κ3) is 2.13. The summed E-state index contributed by atoms with van der Waals surface area (Å²) in [6, 6.07) is 0. The van der Waals surface area contributed by atoms with Gasteiger partial charge in [0.15, 0.2) is 0 Å². The van der Waals surface area contributed by atoms with E-state index in [1.807, 2.05) is 0 Å². The van der Waals surface area contributed by atoms with E-state index < -0.39 is 0 Å². The van der Waals surface area contributed by atoms with Crippen LogP contribution in [0.25, 0.3) is 0 Å². The van der Waals surface area contributed by atoms with Gasteiger partial charge < -0.3 is 10.3 Å². The highest BCUT2D eigenvalue weighted by Gasteiger charge is 2.30. The number of nitrogens with two attached hydrogens (primary N) is 1. The van der Waals surface area contributed by atoms with Crippen molar-refractivity contribution < 1.29 is 0 Å². The van der Waals surface area contributed by atoms with Gasteiger partial charge in [0.2, 0.25) is 0 Å². The zero-order chi connectivity index (χ0) is 12.6. The molecule has 96 valence electrons. The molecular formula is C14H25N3. The molecule has 2 rings (SSSR count).